The van der Waals surface area contributed by atoms with Crippen molar-refractivity contribution in [3.05, 3.63) is 90.0 Å². The van der Waals surface area contributed by atoms with Crippen molar-refractivity contribution in [1.82, 2.24) is 9.62 Å². The van der Waals surface area contributed by atoms with E-state index in [-0.39, 0.29) is 29.0 Å². The van der Waals surface area contributed by atoms with Crippen LogP contribution in [0.1, 0.15) is 15.9 Å². The predicted molar refractivity (Wildman–Crippen MR) is 120 cm³/mol. The lowest BCUT2D eigenvalue weighted by Gasteiger charge is -2.29. The number of amides is 1. The van der Waals surface area contributed by atoms with E-state index in [1.54, 1.807) is 19.2 Å². The van der Waals surface area contributed by atoms with Crippen LogP contribution in [0.5, 0.6) is 11.5 Å². The zero-order valence-electron chi connectivity index (χ0n) is 17.6. The molecule has 1 unspecified atom stereocenters. The summed E-state index contributed by atoms with van der Waals surface area (Å²) in [6.45, 7) is 0.796. The molecule has 4 rings (SSSR count). The summed E-state index contributed by atoms with van der Waals surface area (Å²) in [7, 11) is -2.11. The third kappa shape index (κ3) is 5.09. The standard InChI is InChI=1S/C24H24N2O5S/c1-26(16-20-17-30-22-12-5-6-13-23(22)31-20)24(27)19-10-7-11-21(14-19)32(28,29)25-15-18-8-3-2-4-9-18/h2-14,20,25H,15-17H2,1H3. The van der Waals surface area contributed by atoms with E-state index in [1.165, 1.54) is 17.0 Å². The van der Waals surface area contributed by atoms with E-state index in [9.17, 15) is 13.2 Å². The summed E-state index contributed by atoms with van der Waals surface area (Å²) in [6, 6.07) is 22.6. The fraction of sp³-hybridized carbons (Fsp3) is 0.208. The number of hydrogen-bond acceptors (Lipinski definition) is 5. The molecule has 0 aliphatic carbocycles. The second-order valence-corrected chi connectivity index (χ2v) is 9.29. The summed E-state index contributed by atoms with van der Waals surface area (Å²) in [4.78, 5) is 14.5. The molecule has 8 heteroatoms. The summed E-state index contributed by atoms with van der Waals surface area (Å²) >= 11 is 0. The molecule has 1 N–H and O–H groups in total. The third-order valence-electron chi connectivity index (χ3n) is 5.09. The van der Waals surface area contributed by atoms with E-state index in [4.69, 9.17) is 9.47 Å². The number of nitrogens with one attached hydrogen (secondary N) is 1. The van der Waals surface area contributed by atoms with Gasteiger partial charge in [0.05, 0.1) is 11.4 Å². The van der Waals surface area contributed by atoms with Crippen LogP contribution < -0.4 is 14.2 Å². The van der Waals surface area contributed by atoms with Gasteiger partial charge in [-0.05, 0) is 35.9 Å². The Morgan fingerprint density at radius 2 is 1.72 bits per heavy atom. The molecule has 1 amide bonds. The molecule has 0 aromatic heterocycles. The van der Waals surface area contributed by atoms with Gasteiger partial charge in [-0.2, -0.15) is 0 Å². The Balaban J connectivity index is 1.41. The molecule has 3 aromatic rings. The first kappa shape index (κ1) is 21.9. The Labute approximate surface area is 187 Å². The zero-order chi connectivity index (χ0) is 22.6. The lowest BCUT2D eigenvalue weighted by atomic mass is 10.2. The SMILES string of the molecule is CN(CC1COc2ccccc2O1)C(=O)c1cccc(S(=O)(=O)NCc2ccccc2)c1. The maximum atomic E-state index is 12.9. The van der Waals surface area contributed by atoms with Gasteiger partial charge in [0.15, 0.2) is 17.6 Å². The third-order valence-corrected chi connectivity index (χ3v) is 6.49. The number of fused-ring (bicyclic) bond motifs is 1. The first-order chi connectivity index (χ1) is 15.4. The fourth-order valence-corrected chi connectivity index (χ4v) is 4.48. The minimum Gasteiger partial charge on any atom is -0.486 e. The maximum absolute atomic E-state index is 12.9. The predicted octanol–water partition coefficient (Wildman–Crippen LogP) is 3.08. The summed E-state index contributed by atoms with van der Waals surface area (Å²) in [5.41, 5.74) is 1.13. The second-order valence-electron chi connectivity index (χ2n) is 7.52. The molecule has 1 aliphatic rings. The molecule has 0 bridgehead atoms. The molecule has 32 heavy (non-hydrogen) atoms. The van der Waals surface area contributed by atoms with E-state index >= 15 is 0 Å². The molecule has 7 nitrogen and oxygen atoms in total. The van der Waals surface area contributed by atoms with Crippen LogP contribution in [-0.2, 0) is 16.6 Å². The van der Waals surface area contributed by atoms with Crippen molar-refractivity contribution in [1.29, 1.82) is 0 Å². The number of para-hydroxylation sites is 2. The van der Waals surface area contributed by atoms with Gasteiger partial charge < -0.3 is 14.4 Å². The molecule has 3 aromatic carbocycles. The van der Waals surface area contributed by atoms with Gasteiger partial charge in [0.2, 0.25) is 10.0 Å². The van der Waals surface area contributed by atoms with Gasteiger partial charge in [0.25, 0.3) is 5.91 Å². The smallest absolute Gasteiger partial charge is 0.253 e. The van der Waals surface area contributed by atoms with Crippen LogP contribution in [0.2, 0.25) is 0 Å². The minimum atomic E-state index is -3.77. The van der Waals surface area contributed by atoms with Crippen LogP contribution in [0.3, 0.4) is 0 Å². The molecule has 1 heterocycles. The number of likely N-dealkylation sites (N-methyl/N-ethyl adjacent to an activating group) is 1. The second kappa shape index (κ2) is 9.42. The van der Waals surface area contributed by atoms with Crippen molar-refractivity contribution >= 4 is 15.9 Å². The average molecular weight is 453 g/mol. The van der Waals surface area contributed by atoms with Crippen LogP contribution in [0.15, 0.2) is 83.8 Å². The van der Waals surface area contributed by atoms with E-state index in [1.807, 2.05) is 54.6 Å². The van der Waals surface area contributed by atoms with Crippen molar-refractivity contribution in [2.24, 2.45) is 0 Å². The number of nitrogens with zero attached hydrogens (tertiary/aromatic N) is 1. The van der Waals surface area contributed by atoms with Gasteiger partial charge in [-0.3, -0.25) is 4.79 Å². The van der Waals surface area contributed by atoms with Crippen LogP contribution in [0.25, 0.3) is 0 Å². The first-order valence-corrected chi connectivity index (χ1v) is 11.7. The number of rotatable bonds is 7. The zero-order valence-corrected chi connectivity index (χ0v) is 18.4. The molecule has 1 atom stereocenters. The Morgan fingerprint density at radius 1 is 1.00 bits per heavy atom. The fourth-order valence-electron chi connectivity index (χ4n) is 3.42. The van der Waals surface area contributed by atoms with Crippen molar-refractivity contribution in [2.75, 3.05) is 20.2 Å². The molecule has 0 saturated heterocycles. The molecule has 0 saturated carbocycles. The van der Waals surface area contributed by atoms with E-state index in [0.717, 1.165) is 5.56 Å². The van der Waals surface area contributed by atoms with Crippen molar-refractivity contribution in [2.45, 2.75) is 17.5 Å². The number of benzene rings is 3. The Hall–Kier alpha value is -3.36. The van der Waals surface area contributed by atoms with Gasteiger partial charge in [-0.15, -0.1) is 0 Å². The average Bonchev–Trinajstić information content (AvgIpc) is 2.83. The summed E-state index contributed by atoms with van der Waals surface area (Å²) in [6.07, 6.45) is -0.321. The maximum Gasteiger partial charge on any atom is 0.253 e. The lowest BCUT2D eigenvalue weighted by molar-refractivity contribution is 0.0521. The molecule has 0 fully saturated rings. The molecule has 166 valence electrons. The highest BCUT2D eigenvalue weighted by Crippen LogP contribution is 2.31. The first-order valence-electron chi connectivity index (χ1n) is 10.2. The minimum absolute atomic E-state index is 0.0406. The number of carbonyl (C=O) groups excluding carboxylic acids is 1. The van der Waals surface area contributed by atoms with E-state index in [0.29, 0.717) is 24.7 Å². The number of ether oxygens (including phenoxy) is 2. The van der Waals surface area contributed by atoms with E-state index in [2.05, 4.69) is 4.72 Å². The van der Waals surface area contributed by atoms with Gasteiger partial charge in [-0.1, -0.05) is 48.5 Å². The number of hydrogen-bond donors (Lipinski definition) is 1. The van der Waals surface area contributed by atoms with Crippen LogP contribution >= 0.6 is 0 Å². The summed E-state index contributed by atoms with van der Waals surface area (Å²) < 4.78 is 39.6. The lowest BCUT2D eigenvalue weighted by Crippen LogP contribution is -2.41. The van der Waals surface area contributed by atoms with Crippen molar-refractivity contribution < 1.29 is 22.7 Å². The molecular formula is C24H24N2O5S. The molecular weight excluding hydrogens is 428 g/mol. The van der Waals surface area contributed by atoms with E-state index < -0.39 is 10.0 Å². The van der Waals surface area contributed by atoms with Crippen LogP contribution in [0, 0.1) is 0 Å². The quantitative estimate of drug-likeness (QED) is 0.596. The summed E-state index contributed by atoms with van der Waals surface area (Å²) in [5.74, 6) is 1.02. The van der Waals surface area contributed by atoms with Crippen molar-refractivity contribution in [3.8, 4) is 11.5 Å². The highest BCUT2D eigenvalue weighted by molar-refractivity contribution is 7.89. The van der Waals surface area contributed by atoms with Crippen molar-refractivity contribution in [3.63, 3.8) is 0 Å². The number of carbonyl (C=O) groups is 1. The molecule has 0 spiro atoms. The van der Waals surface area contributed by atoms with Crippen LogP contribution in [-0.4, -0.2) is 45.5 Å². The summed E-state index contributed by atoms with van der Waals surface area (Å²) in [5, 5.41) is 0. The highest BCUT2D eigenvalue weighted by Gasteiger charge is 2.25. The normalized spacial score (nSPS) is 15.2. The molecule has 0 radical (unpaired) electrons. The monoisotopic (exact) mass is 452 g/mol. The largest absolute Gasteiger partial charge is 0.486 e. The van der Waals surface area contributed by atoms with Gasteiger partial charge >= 0.3 is 0 Å². The Kier molecular flexibility index (Phi) is 6.43. The van der Waals surface area contributed by atoms with Gasteiger partial charge in [0.1, 0.15) is 6.61 Å². The Bertz CT molecular complexity index is 1200. The molecule has 1 aliphatic heterocycles. The topological polar surface area (TPSA) is 84.9 Å². The van der Waals surface area contributed by atoms with Crippen LogP contribution in [0.4, 0.5) is 0 Å². The van der Waals surface area contributed by atoms with Gasteiger partial charge in [-0.25, -0.2) is 13.1 Å². The van der Waals surface area contributed by atoms with Gasteiger partial charge in [0, 0.05) is 19.2 Å². The number of sulfonamides is 1. The Morgan fingerprint density at radius 3 is 2.50 bits per heavy atom. The highest BCUT2D eigenvalue weighted by atomic mass is 32.2.